The van der Waals surface area contributed by atoms with Crippen LogP contribution in [0.5, 0.6) is 5.75 Å². The quantitative estimate of drug-likeness (QED) is 0.362. The molecule has 0 aliphatic heterocycles. The first-order valence-corrected chi connectivity index (χ1v) is 10.2. The molecule has 4 nitrogen and oxygen atoms in total. The third kappa shape index (κ3) is 13.3. The Hall–Kier alpha value is -0.550. The number of aromatic hydroxyl groups is 1. The normalized spacial score (nSPS) is 10.8. The van der Waals surface area contributed by atoms with Crippen LogP contribution in [0.1, 0.15) is 82.3 Å². The summed E-state index contributed by atoms with van der Waals surface area (Å²) in [5.41, 5.74) is 1.98. The molecule has 0 bridgehead atoms. The Balaban J connectivity index is 0.00000676. The molecule has 1 rings (SSSR count). The molecule has 0 fully saturated rings. The van der Waals surface area contributed by atoms with Crippen LogP contribution < -0.4 is 34.7 Å². The molecule has 5 heteroatoms. The van der Waals surface area contributed by atoms with Crippen LogP contribution in [0, 0.1) is 0 Å². The molecule has 0 saturated heterocycles. The van der Waals surface area contributed by atoms with Gasteiger partial charge in [-0.25, -0.2) is 0 Å². The fourth-order valence-corrected chi connectivity index (χ4v) is 3.30. The van der Waals surface area contributed by atoms with Crippen molar-refractivity contribution in [3.8, 4) is 5.75 Å². The van der Waals surface area contributed by atoms with Crippen LogP contribution in [0.4, 0.5) is 0 Å². The molecule has 0 amide bonds. The van der Waals surface area contributed by atoms with Crippen molar-refractivity contribution in [3.63, 3.8) is 0 Å². The molecule has 27 heavy (non-hydrogen) atoms. The molecule has 1 N–H and O–H groups in total. The van der Waals surface area contributed by atoms with E-state index in [1.807, 2.05) is 12.1 Å². The molecule has 148 valence electrons. The minimum Gasteiger partial charge on any atom is -0.549 e. The number of benzene rings is 1. The zero-order valence-electron chi connectivity index (χ0n) is 17.6. The van der Waals surface area contributed by atoms with E-state index < -0.39 is 5.97 Å². The molecule has 0 aliphatic rings. The molecule has 0 saturated carbocycles. The summed E-state index contributed by atoms with van der Waals surface area (Å²) >= 11 is 0. The van der Waals surface area contributed by atoms with Crippen molar-refractivity contribution >= 4 is 5.97 Å². The summed E-state index contributed by atoms with van der Waals surface area (Å²) in [6.45, 7) is 2.52. The van der Waals surface area contributed by atoms with Crippen LogP contribution in [0.25, 0.3) is 0 Å². The van der Waals surface area contributed by atoms with Gasteiger partial charge in [-0.15, -0.1) is 0 Å². The average molecular weight is 386 g/mol. The van der Waals surface area contributed by atoms with Gasteiger partial charge in [-0.2, -0.15) is 0 Å². The SMILES string of the molecule is CCCCCCCCCCCCc1ccc(O)c(CN(C)CC(=O)[O-])c1.[Na+]. The number of hydrogen-bond donors (Lipinski definition) is 1. The number of phenols is 1. The van der Waals surface area contributed by atoms with Crippen LogP contribution in [0.2, 0.25) is 0 Å². The number of carboxylic acid groups (broad SMARTS) is 1. The van der Waals surface area contributed by atoms with Gasteiger partial charge in [-0.1, -0.05) is 76.8 Å². The predicted molar refractivity (Wildman–Crippen MR) is 105 cm³/mol. The maximum absolute atomic E-state index is 10.7. The number of aliphatic carboxylic acids is 1. The predicted octanol–water partition coefficient (Wildman–Crippen LogP) is 1.04. The van der Waals surface area contributed by atoms with E-state index in [0.29, 0.717) is 6.54 Å². The first-order valence-electron chi connectivity index (χ1n) is 10.2. The van der Waals surface area contributed by atoms with Crippen LogP contribution >= 0.6 is 0 Å². The van der Waals surface area contributed by atoms with Crippen molar-refractivity contribution in [2.45, 2.75) is 84.1 Å². The van der Waals surface area contributed by atoms with Crippen molar-refractivity contribution in [1.82, 2.24) is 4.90 Å². The Labute approximate surface area is 187 Å². The molecule has 0 aliphatic carbocycles. The molecule has 0 aromatic heterocycles. The Bertz CT molecular complexity index is 522. The molecule has 1 aromatic rings. The van der Waals surface area contributed by atoms with Crippen molar-refractivity contribution in [2.24, 2.45) is 0 Å². The van der Waals surface area contributed by atoms with Gasteiger partial charge in [0.25, 0.3) is 0 Å². The zero-order valence-corrected chi connectivity index (χ0v) is 19.6. The topological polar surface area (TPSA) is 63.6 Å². The number of hydrogen-bond acceptors (Lipinski definition) is 4. The van der Waals surface area contributed by atoms with Gasteiger partial charge in [0, 0.05) is 18.7 Å². The van der Waals surface area contributed by atoms with E-state index in [2.05, 4.69) is 6.92 Å². The Morgan fingerprint density at radius 1 is 1.00 bits per heavy atom. The molecule has 0 unspecified atom stereocenters. The molecular weight excluding hydrogens is 349 g/mol. The molecule has 0 radical (unpaired) electrons. The minimum absolute atomic E-state index is 0. The second-order valence-electron chi connectivity index (χ2n) is 7.44. The molecule has 0 spiro atoms. The van der Waals surface area contributed by atoms with Crippen LogP contribution in [0.15, 0.2) is 18.2 Å². The van der Waals surface area contributed by atoms with Crippen molar-refractivity contribution < 1.29 is 44.6 Å². The third-order valence-corrected chi connectivity index (χ3v) is 4.80. The average Bonchev–Trinajstić information content (AvgIpc) is 2.58. The van der Waals surface area contributed by atoms with Crippen molar-refractivity contribution in [1.29, 1.82) is 0 Å². The summed E-state index contributed by atoms with van der Waals surface area (Å²) in [5, 5.41) is 20.6. The van der Waals surface area contributed by atoms with Crippen LogP contribution in [-0.4, -0.2) is 29.6 Å². The summed E-state index contributed by atoms with van der Waals surface area (Å²) in [6.07, 6.45) is 14.2. The second kappa shape index (κ2) is 16.4. The minimum atomic E-state index is -1.10. The number of aryl methyl sites for hydroxylation is 1. The van der Waals surface area contributed by atoms with Crippen LogP contribution in [0.3, 0.4) is 0 Å². The van der Waals surface area contributed by atoms with Gasteiger partial charge >= 0.3 is 29.6 Å². The summed E-state index contributed by atoms with van der Waals surface area (Å²) in [6, 6.07) is 5.67. The summed E-state index contributed by atoms with van der Waals surface area (Å²) in [5.74, 6) is -0.879. The number of carboxylic acids is 1. The van der Waals surface area contributed by atoms with E-state index in [-0.39, 0.29) is 41.9 Å². The first kappa shape index (κ1) is 26.4. The summed E-state index contributed by atoms with van der Waals surface area (Å²) < 4.78 is 0. The van der Waals surface area contributed by atoms with Crippen LogP contribution in [-0.2, 0) is 17.8 Å². The Morgan fingerprint density at radius 2 is 1.56 bits per heavy atom. The monoisotopic (exact) mass is 385 g/mol. The summed E-state index contributed by atoms with van der Waals surface area (Å²) in [7, 11) is 1.71. The third-order valence-electron chi connectivity index (χ3n) is 4.80. The van der Waals surface area contributed by atoms with Gasteiger partial charge in [-0.05, 0) is 31.5 Å². The number of rotatable bonds is 15. The van der Waals surface area contributed by atoms with E-state index in [0.717, 1.165) is 18.4 Å². The van der Waals surface area contributed by atoms with Gasteiger partial charge < -0.3 is 15.0 Å². The summed E-state index contributed by atoms with van der Waals surface area (Å²) in [4.78, 5) is 12.3. The number of carbonyl (C=O) groups is 1. The van der Waals surface area contributed by atoms with Gasteiger partial charge in [0.05, 0.1) is 5.97 Å². The fourth-order valence-electron chi connectivity index (χ4n) is 3.30. The fraction of sp³-hybridized carbons (Fsp3) is 0.682. The van der Waals surface area contributed by atoms with Gasteiger partial charge in [-0.3, -0.25) is 4.90 Å². The molecular formula is C22H36NNaO3. The standard InChI is InChI=1S/C22H37NO3.Na/c1-3-4-5-6-7-8-9-10-11-12-13-19-14-15-21(24)20(16-19)17-23(2)18-22(25)26;/h14-16,24H,3-13,17-18H2,1-2H3,(H,25,26);/q;+1/p-1. The van der Waals surface area contributed by atoms with E-state index in [1.54, 1.807) is 18.0 Å². The van der Waals surface area contributed by atoms with Gasteiger partial charge in [0.1, 0.15) is 5.75 Å². The number of likely N-dealkylation sites (N-methyl/N-ethyl adjacent to an activating group) is 1. The van der Waals surface area contributed by atoms with E-state index in [1.165, 1.54) is 63.4 Å². The number of unbranched alkanes of at least 4 members (excludes halogenated alkanes) is 9. The largest absolute Gasteiger partial charge is 1.00 e. The van der Waals surface area contributed by atoms with Gasteiger partial charge in [0.15, 0.2) is 0 Å². The molecule has 0 heterocycles. The van der Waals surface area contributed by atoms with Gasteiger partial charge in [0.2, 0.25) is 0 Å². The number of nitrogens with zero attached hydrogens (tertiary/aromatic N) is 1. The maximum atomic E-state index is 10.7. The maximum Gasteiger partial charge on any atom is 1.00 e. The van der Waals surface area contributed by atoms with E-state index >= 15 is 0 Å². The number of phenolic OH excluding ortho intramolecular Hbond substituents is 1. The smallest absolute Gasteiger partial charge is 0.549 e. The number of carbonyl (C=O) groups excluding carboxylic acids is 1. The molecule has 0 atom stereocenters. The van der Waals surface area contributed by atoms with E-state index in [4.69, 9.17) is 0 Å². The van der Waals surface area contributed by atoms with E-state index in [9.17, 15) is 15.0 Å². The van der Waals surface area contributed by atoms with Crippen molar-refractivity contribution in [3.05, 3.63) is 29.3 Å². The molecule has 1 aromatic carbocycles. The van der Waals surface area contributed by atoms with Crippen molar-refractivity contribution in [2.75, 3.05) is 13.6 Å². The Morgan fingerprint density at radius 3 is 2.11 bits per heavy atom. The first-order chi connectivity index (χ1) is 12.5. The second-order valence-corrected chi connectivity index (χ2v) is 7.44. The zero-order chi connectivity index (χ0) is 19.2. The Kier molecular flexibility index (Phi) is 16.1.